The molecule has 0 aliphatic carbocycles. The zero-order chi connectivity index (χ0) is 10.2. The quantitative estimate of drug-likeness (QED) is 0.767. The number of ether oxygens (including phenoxy) is 1. The van der Waals surface area contributed by atoms with E-state index in [1.54, 1.807) is 0 Å². The summed E-state index contributed by atoms with van der Waals surface area (Å²) >= 11 is 0. The van der Waals surface area contributed by atoms with Crippen molar-refractivity contribution in [3.05, 3.63) is 29.8 Å². The lowest BCUT2D eigenvalue weighted by molar-refractivity contribution is 0.201. The van der Waals surface area contributed by atoms with Crippen LogP contribution in [0.5, 0.6) is 5.75 Å². The van der Waals surface area contributed by atoms with Crippen LogP contribution in [0.25, 0.3) is 0 Å². The highest BCUT2D eigenvalue weighted by Gasteiger charge is 1.94. The maximum atomic E-state index is 8.54. The lowest BCUT2D eigenvalue weighted by Gasteiger charge is -2.04. The fraction of sp³-hybridized carbons (Fsp3) is 0.364. The van der Waals surface area contributed by atoms with Gasteiger partial charge in [0.1, 0.15) is 12.4 Å². The summed E-state index contributed by atoms with van der Waals surface area (Å²) in [7, 11) is 0. The van der Waals surface area contributed by atoms with E-state index in [9.17, 15) is 0 Å². The van der Waals surface area contributed by atoms with Gasteiger partial charge in [-0.05, 0) is 24.1 Å². The van der Waals surface area contributed by atoms with Crippen molar-refractivity contribution in [3.63, 3.8) is 0 Å². The Hall–Kier alpha value is -1.53. The molecule has 3 nitrogen and oxygen atoms in total. The van der Waals surface area contributed by atoms with Crippen molar-refractivity contribution in [1.82, 2.24) is 0 Å². The summed E-state index contributed by atoms with van der Waals surface area (Å²) < 4.78 is 5.20. The third kappa shape index (κ3) is 3.46. The molecule has 0 aliphatic rings. The molecule has 74 valence electrons. The molecule has 1 N–H and O–H groups in total. The first kappa shape index (κ1) is 10.6. The largest absolute Gasteiger partial charge is 0.491 e. The molecule has 0 saturated heterocycles. The van der Waals surface area contributed by atoms with Gasteiger partial charge < -0.3 is 9.84 Å². The molecule has 0 saturated carbocycles. The van der Waals surface area contributed by atoms with Crippen LogP contribution in [0.4, 0.5) is 0 Å². The van der Waals surface area contributed by atoms with E-state index < -0.39 is 0 Å². The third-order valence-electron chi connectivity index (χ3n) is 1.81. The summed E-state index contributed by atoms with van der Waals surface area (Å²) in [5.41, 5.74) is 1.13. The molecule has 0 unspecified atom stereocenters. The molecule has 1 aromatic rings. The van der Waals surface area contributed by atoms with Crippen LogP contribution in [0.1, 0.15) is 12.0 Å². The van der Waals surface area contributed by atoms with Crippen molar-refractivity contribution >= 4 is 0 Å². The van der Waals surface area contributed by atoms with Crippen LogP contribution in [-0.4, -0.2) is 18.3 Å². The Morgan fingerprint density at radius 2 is 2.00 bits per heavy atom. The predicted octanol–water partition coefficient (Wildman–Crippen LogP) is 1.51. The molecule has 1 rings (SSSR count). The number of hydrogen-bond acceptors (Lipinski definition) is 3. The Morgan fingerprint density at radius 3 is 2.57 bits per heavy atom. The van der Waals surface area contributed by atoms with Gasteiger partial charge in [-0.1, -0.05) is 12.1 Å². The smallest absolute Gasteiger partial charge is 0.119 e. The summed E-state index contributed by atoms with van der Waals surface area (Å²) in [6.45, 7) is 0.341. The number of nitriles is 1. The Bertz CT molecular complexity index is 300. The van der Waals surface area contributed by atoms with Crippen LogP contribution in [0.3, 0.4) is 0 Å². The second-order valence-electron chi connectivity index (χ2n) is 2.87. The van der Waals surface area contributed by atoms with Gasteiger partial charge in [-0.3, -0.25) is 0 Å². The zero-order valence-corrected chi connectivity index (χ0v) is 7.94. The van der Waals surface area contributed by atoms with Gasteiger partial charge in [0.05, 0.1) is 12.7 Å². The summed E-state index contributed by atoms with van der Waals surface area (Å²) in [6, 6.07) is 9.67. The zero-order valence-electron chi connectivity index (χ0n) is 7.94. The van der Waals surface area contributed by atoms with E-state index in [4.69, 9.17) is 15.1 Å². The molecule has 0 amide bonds. The number of benzene rings is 1. The average molecular weight is 191 g/mol. The van der Waals surface area contributed by atoms with Crippen LogP contribution >= 0.6 is 0 Å². The topological polar surface area (TPSA) is 53.2 Å². The van der Waals surface area contributed by atoms with E-state index >= 15 is 0 Å². The summed E-state index contributed by atoms with van der Waals surface area (Å²) in [5.74, 6) is 0.750. The molecule has 0 heterocycles. The lowest BCUT2D eigenvalue weighted by Crippen LogP contribution is -2.01. The highest BCUT2D eigenvalue weighted by Crippen LogP contribution is 2.12. The van der Waals surface area contributed by atoms with Crippen molar-refractivity contribution in [2.45, 2.75) is 12.8 Å². The monoisotopic (exact) mass is 191 g/mol. The van der Waals surface area contributed by atoms with Crippen LogP contribution in [0.2, 0.25) is 0 Å². The second-order valence-corrected chi connectivity index (χ2v) is 2.87. The number of aliphatic hydroxyl groups excluding tert-OH is 1. The van der Waals surface area contributed by atoms with Gasteiger partial charge in [0.15, 0.2) is 0 Å². The second kappa shape index (κ2) is 6.01. The molecular weight excluding hydrogens is 178 g/mol. The van der Waals surface area contributed by atoms with Crippen LogP contribution in [0, 0.1) is 11.3 Å². The Morgan fingerprint density at radius 1 is 1.29 bits per heavy atom. The van der Waals surface area contributed by atoms with Crippen molar-refractivity contribution in [3.8, 4) is 11.8 Å². The van der Waals surface area contributed by atoms with Crippen molar-refractivity contribution in [2.75, 3.05) is 13.2 Å². The first-order valence-electron chi connectivity index (χ1n) is 4.56. The summed E-state index contributed by atoms with van der Waals surface area (Å²) in [6.07, 6.45) is 1.31. The van der Waals surface area contributed by atoms with E-state index in [-0.39, 0.29) is 6.61 Å². The first-order valence-corrected chi connectivity index (χ1v) is 4.56. The maximum Gasteiger partial charge on any atom is 0.119 e. The first-order chi connectivity index (χ1) is 6.86. The molecule has 0 radical (unpaired) electrons. The van der Waals surface area contributed by atoms with Crippen LogP contribution in [-0.2, 0) is 6.42 Å². The maximum absolute atomic E-state index is 8.54. The molecule has 1 aromatic carbocycles. The van der Waals surface area contributed by atoms with Gasteiger partial charge in [-0.25, -0.2) is 0 Å². The molecule has 3 heteroatoms. The minimum absolute atomic E-state index is 0.0240. The Labute approximate surface area is 83.6 Å². The SMILES string of the molecule is N#CCCc1ccc(OCCO)cc1. The van der Waals surface area contributed by atoms with Gasteiger partial charge in [-0.15, -0.1) is 0 Å². The van der Waals surface area contributed by atoms with E-state index in [0.29, 0.717) is 13.0 Å². The van der Waals surface area contributed by atoms with E-state index in [0.717, 1.165) is 17.7 Å². The van der Waals surface area contributed by atoms with Gasteiger partial charge in [-0.2, -0.15) is 5.26 Å². The average Bonchev–Trinajstić information content (AvgIpc) is 2.25. The lowest BCUT2D eigenvalue weighted by atomic mass is 10.1. The van der Waals surface area contributed by atoms with Gasteiger partial charge >= 0.3 is 0 Å². The fourth-order valence-electron chi connectivity index (χ4n) is 1.12. The Kier molecular flexibility index (Phi) is 4.53. The standard InChI is InChI=1S/C11H13NO2/c12-7-1-2-10-3-5-11(6-4-10)14-9-8-13/h3-6,13H,1-2,8-9H2. The normalized spacial score (nSPS) is 9.43. The molecular formula is C11H13NO2. The number of aryl methyl sites for hydroxylation is 1. The molecule has 0 atom stereocenters. The van der Waals surface area contributed by atoms with Crippen LogP contribution in [0.15, 0.2) is 24.3 Å². The van der Waals surface area contributed by atoms with Crippen molar-refractivity contribution < 1.29 is 9.84 Å². The van der Waals surface area contributed by atoms with Crippen molar-refractivity contribution in [2.24, 2.45) is 0 Å². The van der Waals surface area contributed by atoms with Gasteiger partial charge in [0.2, 0.25) is 0 Å². The minimum atomic E-state index is 0.0240. The third-order valence-corrected chi connectivity index (χ3v) is 1.81. The molecule has 0 aliphatic heterocycles. The molecule has 0 bridgehead atoms. The fourth-order valence-corrected chi connectivity index (χ4v) is 1.12. The summed E-state index contributed by atoms with van der Waals surface area (Å²) in [5, 5.41) is 16.9. The van der Waals surface area contributed by atoms with E-state index in [2.05, 4.69) is 6.07 Å². The number of hydrogen-bond donors (Lipinski definition) is 1. The van der Waals surface area contributed by atoms with E-state index in [1.807, 2.05) is 24.3 Å². The van der Waals surface area contributed by atoms with Crippen LogP contribution < -0.4 is 4.74 Å². The van der Waals surface area contributed by atoms with E-state index in [1.165, 1.54) is 0 Å². The molecule has 14 heavy (non-hydrogen) atoms. The molecule has 0 aromatic heterocycles. The van der Waals surface area contributed by atoms with Gasteiger partial charge in [0.25, 0.3) is 0 Å². The highest BCUT2D eigenvalue weighted by molar-refractivity contribution is 5.27. The highest BCUT2D eigenvalue weighted by atomic mass is 16.5. The number of rotatable bonds is 5. The Balaban J connectivity index is 2.47. The molecule has 0 spiro atoms. The van der Waals surface area contributed by atoms with Crippen molar-refractivity contribution in [1.29, 1.82) is 5.26 Å². The minimum Gasteiger partial charge on any atom is -0.491 e. The number of nitrogens with zero attached hydrogens (tertiary/aromatic N) is 1. The summed E-state index contributed by atoms with van der Waals surface area (Å²) in [4.78, 5) is 0. The predicted molar refractivity (Wildman–Crippen MR) is 53.0 cm³/mol. The molecule has 0 fully saturated rings. The number of aliphatic hydroxyl groups is 1. The van der Waals surface area contributed by atoms with Gasteiger partial charge in [0, 0.05) is 6.42 Å².